The number of rotatable bonds is 4. The number of phenols is 1. The van der Waals surface area contributed by atoms with Crippen molar-refractivity contribution in [2.24, 2.45) is 0 Å². The van der Waals surface area contributed by atoms with E-state index in [1.165, 1.54) is 12.1 Å². The maximum absolute atomic E-state index is 11.0. The fraction of sp³-hybridized carbons (Fsp3) is 0. The van der Waals surface area contributed by atoms with Gasteiger partial charge < -0.3 is 5.11 Å². The van der Waals surface area contributed by atoms with E-state index < -0.39 is 37.6 Å². The number of hydrogen-bond donors (Lipinski definition) is 1. The van der Waals surface area contributed by atoms with Gasteiger partial charge in [0.15, 0.2) is 0 Å². The predicted octanol–water partition coefficient (Wildman–Crippen LogP) is 2.78. The Morgan fingerprint density at radius 1 is 0.818 bits per heavy atom. The van der Waals surface area contributed by atoms with E-state index in [4.69, 9.17) is 0 Å². The van der Waals surface area contributed by atoms with Crippen molar-refractivity contribution in [2.75, 3.05) is 0 Å². The van der Waals surface area contributed by atoms with Crippen LogP contribution in [-0.4, -0.2) is 19.9 Å². The summed E-state index contributed by atoms with van der Waals surface area (Å²) >= 11 is 0. The Morgan fingerprint density at radius 2 is 1.36 bits per heavy atom. The fourth-order valence-corrected chi connectivity index (χ4v) is 1.96. The topological polar surface area (TPSA) is 150 Å². The van der Waals surface area contributed by atoms with E-state index in [0.717, 1.165) is 6.07 Å². The molecule has 0 saturated carbocycles. The summed E-state index contributed by atoms with van der Waals surface area (Å²) in [4.78, 5) is 29.4. The molecule has 0 saturated heterocycles. The van der Waals surface area contributed by atoms with E-state index in [1.54, 1.807) is 18.2 Å². The SMILES string of the molecule is O=[N+]([O-])c1cc(-c2ccccc2)c(O)c([N+](=O)[O-])c1[N+](=O)[O-]. The number of nitro benzene ring substituents is 3. The van der Waals surface area contributed by atoms with Crippen LogP contribution in [0.25, 0.3) is 11.1 Å². The smallest absolute Gasteiger partial charge is 0.426 e. The quantitative estimate of drug-likeness (QED) is 0.673. The summed E-state index contributed by atoms with van der Waals surface area (Å²) in [6.07, 6.45) is 0. The third kappa shape index (κ3) is 2.40. The van der Waals surface area contributed by atoms with Gasteiger partial charge in [0.25, 0.3) is 0 Å². The minimum atomic E-state index is -1.35. The second kappa shape index (κ2) is 5.44. The van der Waals surface area contributed by atoms with Crippen LogP contribution in [0.3, 0.4) is 0 Å². The second-order valence-corrected chi connectivity index (χ2v) is 4.13. The van der Waals surface area contributed by atoms with Crippen LogP contribution >= 0.6 is 0 Å². The molecule has 0 atom stereocenters. The zero-order valence-electron chi connectivity index (χ0n) is 10.7. The van der Waals surface area contributed by atoms with Gasteiger partial charge in [0.1, 0.15) is 0 Å². The minimum absolute atomic E-state index is 0.232. The molecule has 2 aromatic carbocycles. The molecule has 2 aromatic rings. The zero-order chi connectivity index (χ0) is 16.4. The largest absolute Gasteiger partial charge is 0.501 e. The van der Waals surface area contributed by atoms with Crippen LogP contribution < -0.4 is 0 Å². The Bertz CT molecular complexity index is 789. The average molecular weight is 305 g/mol. The van der Waals surface area contributed by atoms with E-state index in [0.29, 0.717) is 0 Å². The summed E-state index contributed by atoms with van der Waals surface area (Å²) in [6.45, 7) is 0. The van der Waals surface area contributed by atoms with Crippen molar-refractivity contribution < 1.29 is 19.9 Å². The van der Waals surface area contributed by atoms with E-state index in [-0.39, 0.29) is 11.1 Å². The lowest BCUT2D eigenvalue weighted by molar-refractivity contribution is -0.441. The monoisotopic (exact) mass is 305 g/mol. The molecule has 0 fully saturated rings. The first-order chi connectivity index (χ1) is 10.3. The molecule has 0 aliphatic carbocycles. The molecule has 0 aromatic heterocycles. The van der Waals surface area contributed by atoms with Crippen molar-refractivity contribution in [2.45, 2.75) is 0 Å². The molecule has 0 spiro atoms. The third-order valence-electron chi connectivity index (χ3n) is 2.87. The van der Waals surface area contributed by atoms with Gasteiger partial charge in [-0.1, -0.05) is 30.3 Å². The highest BCUT2D eigenvalue weighted by Crippen LogP contribution is 2.48. The highest BCUT2D eigenvalue weighted by atomic mass is 16.6. The molecule has 22 heavy (non-hydrogen) atoms. The van der Waals surface area contributed by atoms with Gasteiger partial charge in [-0.25, -0.2) is 0 Å². The summed E-state index contributed by atoms with van der Waals surface area (Å²) < 4.78 is 0. The highest BCUT2D eigenvalue weighted by Gasteiger charge is 2.41. The van der Waals surface area contributed by atoms with Crippen LogP contribution in [0, 0.1) is 30.3 Å². The molecule has 0 amide bonds. The maximum atomic E-state index is 11.0. The molecule has 10 heteroatoms. The number of hydrogen-bond acceptors (Lipinski definition) is 7. The lowest BCUT2D eigenvalue weighted by atomic mass is 10.0. The highest BCUT2D eigenvalue weighted by molar-refractivity contribution is 5.85. The molecule has 0 aliphatic heterocycles. The van der Waals surface area contributed by atoms with E-state index >= 15 is 0 Å². The number of phenolic OH excluding ortho intramolecular Hbond substituents is 1. The van der Waals surface area contributed by atoms with Crippen LogP contribution in [0.2, 0.25) is 0 Å². The van der Waals surface area contributed by atoms with Gasteiger partial charge in [-0.2, -0.15) is 0 Å². The molecule has 112 valence electrons. The van der Waals surface area contributed by atoms with Crippen molar-refractivity contribution in [3.63, 3.8) is 0 Å². The number of nitrogens with zero attached hydrogens (tertiary/aromatic N) is 3. The molecule has 0 heterocycles. The van der Waals surface area contributed by atoms with Crippen molar-refractivity contribution in [3.05, 3.63) is 66.7 Å². The lowest BCUT2D eigenvalue weighted by Crippen LogP contribution is -2.03. The van der Waals surface area contributed by atoms with Gasteiger partial charge in [0.2, 0.25) is 5.75 Å². The molecule has 0 radical (unpaired) electrons. The first-order valence-corrected chi connectivity index (χ1v) is 5.73. The molecular weight excluding hydrogens is 298 g/mol. The maximum Gasteiger partial charge on any atom is 0.426 e. The molecule has 1 N–H and O–H groups in total. The van der Waals surface area contributed by atoms with Crippen LogP contribution in [0.5, 0.6) is 5.75 Å². The van der Waals surface area contributed by atoms with E-state index in [9.17, 15) is 35.4 Å². The van der Waals surface area contributed by atoms with Crippen molar-refractivity contribution in [3.8, 4) is 16.9 Å². The Hall–Kier alpha value is -3.56. The third-order valence-corrected chi connectivity index (χ3v) is 2.87. The minimum Gasteiger partial charge on any atom is -0.501 e. The first kappa shape index (κ1) is 14.8. The summed E-state index contributed by atoms with van der Waals surface area (Å²) in [5.74, 6) is -0.992. The number of benzene rings is 2. The number of aromatic hydroxyl groups is 1. The van der Waals surface area contributed by atoms with Gasteiger partial charge in [-0.3, -0.25) is 30.3 Å². The van der Waals surface area contributed by atoms with Crippen LogP contribution in [0.4, 0.5) is 17.1 Å². The average Bonchev–Trinajstić information content (AvgIpc) is 2.46. The van der Waals surface area contributed by atoms with Gasteiger partial charge in [0.05, 0.1) is 14.8 Å². The Labute approximate surface area is 121 Å². The summed E-state index contributed by atoms with van der Waals surface area (Å²) in [5, 5.41) is 42.9. The van der Waals surface area contributed by atoms with Crippen LogP contribution in [0.15, 0.2) is 36.4 Å². The normalized spacial score (nSPS) is 10.2. The van der Waals surface area contributed by atoms with Crippen molar-refractivity contribution in [1.82, 2.24) is 0 Å². The van der Waals surface area contributed by atoms with Gasteiger partial charge >= 0.3 is 17.1 Å². The van der Waals surface area contributed by atoms with Gasteiger partial charge in [-0.05, 0) is 5.56 Å². The standard InChI is InChI=1S/C12H7N3O7/c16-12-8(7-4-2-1-3-5-7)6-9(13(17)18)10(14(19)20)11(12)15(21)22/h1-6,16H. The second-order valence-electron chi connectivity index (χ2n) is 4.13. The van der Waals surface area contributed by atoms with Crippen LogP contribution in [-0.2, 0) is 0 Å². The molecule has 2 rings (SSSR count). The van der Waals surface area contributed by atoms with Crippen molar-refractivity contribution in [1.29, 1.82) is 0 Å². The Kier molecular flexibility index (Phi) is 3.67. The van der Waals surface area contributed by atoms with Crippen LogP contribution in [0.1, 0.15) is 0 Å². The van der Waals surface area contributed by atoms with Gasteiger partial charge in [-0.15, -0.1) is 0 Å². The molecule has 0 bridgehead atoms. The molecule has 0 unspecified atom stereocenters. The van der Waals surface area contributed by atoms with E-state index in [1.807, 2.05) is 0 Å². The fourth-order valence-electron chi connectivity index (χ4n) is 1.96. The van der Waals surface area contributed by atoms with Crippen molar-refractivity contribution >= 4 is 17.1 Å². The summed E-state index contributed by atoms with van der Waals surface area (Å²) in [7, 11) is 0. The molecular formula is C12H7N3O7. The van der Waals surface area contributed by atoms with Gasteiger partial charge in [0, 0.05) is 11.6 Å². The summed E-state index contributed by atoms with van der Waals surface area (Å²) in [6, 6.07) is 8.38. The zero-order valence-corrected chi connectivity index (χ0v) is 10.7. The first-order valence-electron chi connectivity index (χ1n) is 5.73. The molecule has 10 nitrogen and oxygen atoms in total. The molecule has 0 aliphatic rings. The Balaban J connectivity index is 2.92. The summed E-state index contributed by atoms with van der Waals surface area (Å²) in [5.41, 5.74) is -3.70. The van der Waals surface area contributed by atoms with E-state index in [2.05, 4.69) is 0 Å². The Morgan fingerprint density at radius 3 is 1.82 bits per heavy atom. The predicted molar refractivity (Wildman–Crippen MR) is 73.5 cm³/mol. The number of nitro groups is 3. The lowest BCUT2D eigenvalue weighted by Gasteiger charge is -2.06.